The normalized spacial score (nSPS) is 13.4. The van der Waals surface area contributed by atoms with E-state index in [1.807, 2.05) is 19.1 Å². The summed E-state index contributed by atoms with van der Waals surface area (Å²) in [5, 5.41) is 0. The zero-order valence-corrected chi connectivity index (χ0v) is 12.5. The summed E-state index contributed by atoms with van der Waals surface area (Å²) in [4.78, 5) is -0.0421. The van der Waals surface area contributed by atoms with Crippen LogP contribution in [-0.2, 0) is 19.0 Å². The Labute approximate surface area is 123 Å². The molecule has 0 aliphatic carbocycles. The summed E-state index contributed by atoms with van der Waals surface area (Å²) in [7, 11) is 0. The van der Waals surface area contributed by atoms with Crippen LogP contribution in [0.25, 0.3) is 0 Å². The van der Waals surface area contributed by atoms with Crippen LogP contribution in [0.2, 0.25) is 0 Å². The van der Waals surface area contributed by atoms with Gasteiger partial charge in [0.15, 0.2) is 0 Å². The first-order chi connectivity index (χ1) is 9.40. The van der Waals surface area contributed by atoms with Gasteiger partial charge in [0.05, 0.1) is 10.4 Å². The molecule has 108 valence electrons. The van der Waals surface area contributed by atoms with E-state index in [9.17, 15) is 13.2 Å². The summed E-state index contributed by atoms with van der Waals surface area (Å²) in [5.74, 6) is 1.69. The van der Waals surface area contributed by atoms with Crippen molar-refractivity contribution < 1.29 is 17.6 Å². The average Bonchev–Trinajstić information content (AvgIpc) is 2.87. The van der Waals surface area contributed by atoms with Gasteiger partial charge in [-0.1, -0.05) is 35.0 Å². The Bertz CT molecular complexity index is 557. The highest BCUT2D eigenvalue weighted by molar-refractivity contribution is 9.09. The zero-order valence-electron chi connectivity index (χ0n) is 10.9. The van der Waals surface area contributed by atoms with Crippen LogP contribution >= 0.6 is 15.9 Å². The van der Waals surface area contributed by atoms with E-state index in [-0.39, 0.29) is 4.83 Å². The Morgan fingerprint density at radius 1 is 1.10 bits per heavy atom. The van der Waals surface area contributed by atoms with Gasteiger partial charge in [-0.05, 0) is 36.2 Å². The Hall–Kier alpha value is -1.23. The first-order valence-corrected chi connectivity index (χ1v) is 7.20. The number of furan rings is 1. The summed E-state index contributed by atoms with van der Waals surface area (Å²) >= 11 is 3.51. The minimum Gasteiger partial charge on any atom is -0.465 e. The lowest BCUT2D eigenvalue weighted by atomic mass is 10.1. The van der Waals surface area contributed by atoms with E-state index >= 15 is 0 Å². The SMILES string of the molecule is CCc1ccc(C(Br)Cc2ccc(C(F)(F)F)cc2)o1. The van der Waals surface area contributed by atoms with Crippen molar-refractivity contribution in [3.05, 3.63) is 59.0 Å². The van der Waals surface area contributed by atoms with E-state index in [0.717, 1.165) is 35.6 Å². The molecule has 1 heterocycles. The Balaban J connectivity index is 2.06. The number of hydrogen-bond donors (Lipinski definition) is 0. The molecule has 0 spiro atoms. The summed E-state index contributed by atoms with van der Waals surface area (Å²) in [6, 6.07) is 9.02. The molecule has 1 unspecified atom stereocenters. The highest BCUT2D eigenvalue weighted by Crippen LogP contribution is 2.32. The van der Waals surface area contributed by atoms with Crippen molar-refractivity contribution >= 4 is 15.9 Å². The molecule has 0 amide bonds. The molecule has 0 saturated carbocycles. The predicted octanol–water partition coefficient (Wildman–Crippen LogP) is 5.54. The molecular weight excluding hydrogens is 333 g/mol. The van der Waals surface area contributed by atoms with Gasteiger partial charge < -0.3 is 4.42 Å². The maximum Gasteiger partial charge on any atom is 0.416 e. The van der Waals surface area contributed by atoms with Gasteiger partial charge in [-0.2, -0.15) is 13.2 Å². The summed E-state index contributed by atoms with van der Waals surface area (Å²) in [5.41, 5.74) is 0.202. The van der Waals surface area contributed by atoms with Gasteiger partial charge in [-0.3, -0.25) is 0 Å². The molecular formula is C15H14BrF3O. The van der Waals surface area contributed by atoms with E-state index in [1.165, 1.54) is 12.1 Å². The van der Waals surface area contributed by atoms with Crippen molar-refractivity contribution in [2.24, 2.45) is 0 Å². The number of benzene rings is 1. The van der Waals surface area contributed by atoms with Crippen LogP contribution in [-0.4, -0.2) is 0 Å². The average molecular weight is 347 g/mol. The molecule has 20 heavy (non-hydrogen) atoms. The molecule has 2 aromatic rings. The Morgan fingerprint density at radius 2 is 1.75 bits per heavy atom. The quantitative estimate of drug-likeness (QED) is 0.662. The molecule has 0 aliphatic rings. The van der Waals surface area contributed by atoms with Crippen molar-refractivity contribution in [3.63, 3.8) is 0 Å². The largest absolute Gasteiger partial charge is 0.465 e. The molecule has 1 aromatic heterocycles. The Morgan fingerprint density at radius 3 is 2.25 bits per heavy atom. The maximum atomic E-state index is 12.5. The van der Waals surface area contributed by atoms with Gasteiger partial charge >= 0.3 is 6.18 Å². The summed E-state index contributed by atoms with van der Waals surface area (Å²) in [6.45, 7) is 2.00. The van der Waals surface area contributed by atoms with E-state index in [0.29, 0.717) is 6.42 Å². The molecule has 2 rings (SSSR count). The maximum absolute atomic E-state index is 12.5. The third kappa shape index (κ3) is 3.66. The third-order valence-corrected chi connectivity index (χ3v) is 3.81. The monoisotopic (exact) mass is 346 g/mol. The van der Waals surface area contributed by atoms with E-state index in [1.54, 1.807) is 0 Å². The number of rotatable bonds is 4. The van der Waals surface area contributed by atoms with Crippen molar-refractivity contribution in [1.29, 1.82) is 0 Å². The van der Waals surface area contributed by atoms with Gasteiger partial charge in [0.1, 0.15) is 11.5 Å². The van der Waals surface area contributed by atoms with E-state index in [2.05, 4.69) is 15.9 Å². The molecule has 0 radical (unpaired) electrons. The van der Waals surface area contributed by atoms with Crippen LogP contribution in [0.15, 0.2) is 40.8 Å². The summed E-state index contributed by atoms with van der Waals surface area (Å²) in [6.07, 6.45) is -2.89. The molecule has 0 bridgehead atoms. The van der Waals surface area contributed by atoms with Crippen molar-refractivity contribution in [2.75, 3.05) is 0 Å². The van der Waals surface area contributed by atoms with E-state index < -0.39 is 11.7 Å². The molecule has 1 nitrogen and oxygen atoms in total. The number of halogens is 4. The van der Waals surface area contributed by atoms with Crippen molar-refractivity contribution in [2.45, 2.75) is 30.8 Å². The minimum absolute atomic E-state index is 0.0421. The topological polar surface area (TPSA) is 13.1 Å². The first-order valence-electron chi connectivity index (χ1n) is 6.29. The van der Waals surface area contributed by atoms with Crippen LogP contribution < -0.4 is 0 Å². The van der Waals surface area contributed by atoms with Crippen molar-refractivity contribution in [1.82, 2.24) is 0 Å². The van der Waals surface area contributed by atoms with Crippen LogP contribution in [0.1, 0.15) is 34.4 Å². The number of hydrogen-bond acceptors (Lipinski definition) is 1. The second-order valence-electron chi connectivity index (χ2n) is 4.52. The van der Waals surface area contributed by atoms with Crippen LogP contribution in [0.5, 0.6) is 0 Å². The zero-order chi connectivity index (χ0) is 14.8. The van der Waals surface area contributed by atoms with Crippen LogP contribution in [0.4, 0.5) is 13.2 Å². The van der Waals surface area contributed by atoms with Gasteiger partial charge in [-0.25, -0.2) is 0 Å². The molecule has 1 atom stereocenters. The van der Waals surface area contributed by atoms with Crippen LogP contribution in [0, 0.1) is 0 Å². The fourth-order valence-electron chi connectivity index (χ4n) is 1.89. The van der Waals surface area contributed by atoms with Crippen LogP contribution in [0.3, 0.4) is 0 Å². The lowest BCUT2D eigenvalue weighted by Crippen LogP contribution is -2.04. The van der Waals surface area contributed by atoms with Gasteiger partial charge in [0.25, 0.3) is 0 Å². The highest BCUT2D eigenvalue weighted by Gasteiger charge is 2.30. The third-order valence-electron chi connectivity index (χ3n) is 3.04. The lowest BCUT2D eigenvalue weighted by molar-refractivity contribution is -0.137. The van der Waals surface area contributed by atoms with Gasteiger partial charge in [0.2, 0.25) is 0 Å². The van der Waals surface area contributed by atoms with Gasteiger partial charge in [-0.15, -0.1) is 0 Å². The number of alkyl halides is 4. The molecule has 5 heteroatoms. The second kappa shape index (κ2) is 6.04. The van der Waals surface area contributed by atoms with Gasteiger partial charge in [0, 0.05) is 6.42 Å². The molecule has 0 fully saturated rings. The Kier molecular flexibility index (Phi) is 4.58. The highest BCUT2D eigenvalue weighted by atomic mass is 79.9. The standard InChI is InChI=1S/C15H14BrF3O/c1-2-12-7-8-14(20-12)13(16)9-10-3-5-11(6-4-10)15(17,18)19/h3-8,13H,2,9H2,1H3. The molecule has 1 aromatic carbocycles. The fraction of sp³-hybridized carbons (Fsp3) is 0.333. The smallest absolute Gasteiger partial charge is 0.416 e. The molecule has 0 saturated heterocycles. The minimum atomic E-state index is -4.29. The van der Waals surface area contributed by atoms with E-state index in [4.69, 9.17) is 4.42 Å². The summed E-state index contributed by atoms with van der Waals surface area (Å²) < 4.78 is 43.0. The first kappa shape index (κ1) is 15.2. The number of aryl methyl sites for hydroxylation is 1. The second-order valence-corrected chi connectivity index (χ2v) is 5.63. The fourth-order valence-corrected chi connectivity index (χ4v) is 2.51. The molecule has 0 N–H and O–H groups in total. The predicted molar refractivity (Wildman–Crippen MR) is 74.9 cm³/mol. The van der Waals surface area contributed by atoms with Crippen molar-refractivity contribution in [3.8, 4) is 0 Å². The molecule has 0 aliphatic heterocycles. The lowest BCUT2D eigenvalue weighted by Gasteiger charge is -2.10.